The molecule has 0 spiro atoms. The highest BCUT2D eigenvalue weighted by atomic mass is 32.1. The van der Waals surface area contributed by atoms with E-state index in [2.05, 4.69) is 17.1 Å². The van der Waals surface area contributed by atoms with Crippen molar-refractivity contribution >= 4 is 23.3 Å². The molecule has 2 aromatic rings. The van der Waals surface area contributed by atoms with Gasteiger partial charge in [-0.1, -0.05) is 30.3 Å². The fourth-order valence-electron chi connectivity index (χ4n) is 2.26. The Kier molecular flexibility index (Phi) is 4.15. The second-order valence-electron chi connectivity index (χ2n) is 5.30. The Morgan fingerprint density at radius 3 is 2.76 bits per heavy atom. The molecular formula is C17H18N2OS. The van der Waals surface area contributed by atoms with Gasteiger partial charge in [0.25, 0.3) is 0 Å². The summed E-state index contributed by atoms with van der Waals surface area (Å²) in [5.41, 5.74) is 1.18. The Bertz CT molecular complexity index is 644. The van der Waals surface area contributed by atoms with Crippen molar-refractivity contribution in [3.05, 3.63) is 58.1 Å². The Hall–Kier alpha value is -1.94. The second kappa shape index (κ2) is 6.22. The van der Waals surface area contributed by atoms with Crippen LogP contribution in [-0.2, 0) is 11.3 Å². The van der Waals surface area contributed by atoms with Crippen molar-refractivity contribution in [3.63, 3.8) is 0 Å². The lowest BCUT2D eigenvalue weighted by atomic mass is 10.2. The molecule has 1 saturated carbocycles. The number of carbonyl (C=O) groups is 1. The van der Waals surface area contributed by atoms with E-state index in [4.69, 9.17) is 0 Å². The van der Waals surface area contributed by atoms with Gasteiger partial charge in [-0.25, -0.2) is 4.98 Å². The maximum absolute atomic E-state index is 12.4. The molecule has 0 radical (unpaired) electrons. The summed E-state index contributed by atoms with van der Waals surface area (Å²) in [6.07, 6.45) is 7.59. The van der Waals surface area contributed by atoms with Crippen LogP contribution < -0.4 is 0 Å². The third-order valence-electron chi connectivity index (χ3n) is 3.50. The molecule has 1 aliphatic rings. The van der Waals surface area contributed by atoms with E-state index in [1.807, 2.05) is 42.3 Å². The van der Waals surface area contributed by atoms with E-state index in [1.54, 1.807) is 17.4 Å². The first-order valence-electron chi connectivity index (χ1n) is 7.17. The Balaban J connectivity index is 1.69. The number of aromatic nitrogens is 1. The molecular weight excluding hydrogens is 280 g/mol. The number of amides is 1. The van der Waals surface area contributed by atoms with E-state index in [1.165, 1.54) is 5.56 Å². The van der Waals surface area contributed by atoms with Crippen LogP contribution in [0.4, 0.5) is 0 Å². The van der Waals surface area contributed by atoms with Gasteiger partial charge in [0.15, 0.2) is 0 Å². The third-order valence-corrected chi connectivity index (χ3v) is 4.37. The first-order valence-corrected chi connectivity index (χ1v) is 7.99. The van der Waals surface area contributed by atoms with Crippen LogP contribution in [-0.4, -0.2) is 21.8 Å². The molecule has 108 valence electrons. The highest BCUT2D eigenvalue weighted by Gasteiger charge is 2.31. The van der Waals surface area contributed by atoms with E-state index in [9.17, 15) is 4.79 Å². The maximum atomic E-state index is 12.4. The summed E-state index contributed by atoms with van der Waals surface area (Å²) in [5, 5.41) is 1.02. The highest BCUT2D eigenvalue weighted by Crippen LogP contribution is 2.28. The summed E-state index contributed by atoms with van der Waals surface area (Å²) in [6, 6.07) is 10.6. The van der Waals surface area contributed by atoms with Gasteiger partial charge in [0.2, 0.25) is 5.91 Å². The van der Waals surface area contributed by atoms with Gasteiger partial charge < -0.3 is 4.90 Å². The van der Waals surface area contributed by atoms with E-state index in [0.717, 1.165) is 22.7 Å². The van der Waals surface area contributed by atoms with Crippen LogP contribution >= 0.6 is 11.3 Å². The molecule has 1 aromatic heterocycles. The number of benzene rings is 1. The Morgan fingerprint density at radius 2 is 2.14 bits per heavy atom. The largest absolute Gasteiger partial charge is 0.332 e. The van der Waals surface area contributed by atoms with Gasteiger partial charge in [-0.15, -0.1) is 11.3 Å². The number of nitrogens with zero attached hydrogens (tertiary/aromatic N) is 2. The maximum Gasteiger partial charge on any atom is 0.247 e. The fraction of sp³-hybridized carbons (Fsp3) is 0.294. The summed E-state index contributed by atoms with van der Waals surface area (Å²) in [5.74, 6) is 0.0902. The van der Waals surface area contributed by atoms with Gasteiger partial charge >= 0.3 is 0 Å². The van der Waals surface area contributed by atoms with Crippen LogP contribution in [0.2, 0.25) is 0 Å². The number of rotatable bonds is 5. The number of carbonyl (C=O) groups excluding carboxylic acids is 1. The van der Waals surface area contributed by atoms with Crippen molar-refractivity contribution in [2.24, 2.45) is 0 Å². The molecule has 3 nitrogen and oxygen atoms in total. The molecule has 4 heteroatoms. The van der Waals surface area contributed by atoms with E-state index >= 15 is 0 Å². The van der Waals surface area contributed by atoms with Crippen molar-refractivity contribution < 1.29 is 4.79 Å². The number of aryl methyl sites for hydroxylation is 1. The van der Waals surface area contributed by atoms with Crippen molar-refractivity contribution in [2.45, 2.75) is 32.4 Å². The minimum Gasteiger partial charge on any atom is -0.332 e. The van der Waals surface area contributed by atoms with Gasteiger partial charge in [-0.2, -0.15) is 0 Å². The molecule has 1 fully saturated rings. The third kappa shape index (κ3) is 3.79. The summed E-state index contributed by atoms with van der Waals surface area (Å²) in [6.45, 7) is 2.66. The summed E-state index contributed by atoms with van der Waals surface area (Å²) < 4.78 is 0. The monoisotopic (exact) mass is 298 g/mol. The standard InChI is InChI=1S/C17H18N2OS/c1-13-18-11-16(21-13)9-10-17(20)19(15-7-8-15)12-14-5-3-2-4-6-14/h2-6,9-11,15H,7-8,12H2,1H3/b10-9-. The lowest BCUT2D eigenvalue weighted by Gasteiger charge is -2.20. The topological polar surface area (TPSA) is 33.2 Å². The molecule has 3 rings (SSSR count). The molecule has 1 aliphatic carbocycles. The molecule has 0 unspecified atom stereocenters. The molecule has 1 heterocycles. The summed E-state index contributed by atoms with van der Waals surface area (Å²) in [7, 11) is 0. The minimum atomic E-state index is 0.0902. The molecule has 1 amide bonds. The first-order chi connectivity index (χ1) is 10.2. The van der Waals surface area contributed by atoms with Crippen molar-refractivity contribution in [3.8, 4) is 0 Å². The quantitative estimate of drug-likeness (QED) is 0.789. The normalized spacial score (nSPS) is 14.5. The predicted molar refractivity (Wildman–Crippen MR) is 85.9 cm³/mol. The van der Waals surface area contributed by atoms with Gasteiger partial charge in [0.1, 0.15) is 0 Å². The first kappa shape index (κ1) is 14.0. The number of hydrogen-bond acceptors (Lipinski definition) is 3. The molecule has 0 atom stereocenters. The predicted octanol–water partition coefficient (Wildman–Crippen LogP) is 3.66. The lowest BCUT2D eigenvalue weighted by molar-refractivity contribution is -0.127. The zero-order valence-electron chi connectivity index (χ0n) is 12.0. The molecule has 21 heavy (non-hydrogen) atoms. The van der Waals surface area contributed by atoms with E-state index in [-0.39, 0.29) is 5.91 Å². The molecule has 0 aliphatic heterocycles. The summed E-state index contributed by atoms with van der Waals surface area (Å²) in [4.78, 5) is 19.6. The Morgan fingerprint density at radius 1 is 1.38 bits per heavy atom. The number of thiazole rings is 1. The van der Waals surface area contributed by atoms with Crippen LogP contribution in [0.25, 0.3) is 6.08 Å². The average Bonchev–Trinajstić information content (AvgIpc) is 3.25. The zero-order valence-corrected chi connectivity index (χ0v) is 12.8. The van der Waals surface area contributed by atoms with Crippen LogP contribution in [0.5, 0.6) is 0 Å². The second-order valence-corrected chi connectivity index (χ2v) is 6.56. The SMILES string of the molecule is Cc1ncc(/C=C\C(=O)N(Cc2ccccc2)C2CC2)s1. The Labute approximate surface area is 128 Å². The van der Waals surface area contributed by atoms with Gasteiger partial charge in [0, 0.05) is 29.7 Å². The number of hydrogen-bond donors (Lipinski definition) is 0. The van der Waals surface area contributed by atoms with Crippen LogP contribution in [0.1, 0.15) is 28.3 Å². The average molecular weight is 298 g/mol. The highest BCUT2D eigenvalue weighted by molar-refractivity contribution is 7.12. The van der Waals surface area contributed by atoms with Crippen LogP contribution in [0.15, 0.2) is 42.6 Å². The molecule has 0 bridgehead atoms. The van der Waals surface area contributed by atoms with Crippen LogP contribution in [0.3, 0.4) is 0 Å². The van der Waals surface area contributed by atoms with Gasteiger partial charge in [0.05, 0.1) is 5.01 Å². The molecule has 1 aromatic carbocycles. The van der Waals surface area contributed by atoms with E-state index < -0.39 is 0 Å². The molecule has 0 N–H and O–H groups in total. The van der Waals surface area contributed by atoms with Crippen LogP contribution in [0, 0.1) is 6.92 Å². The minimum absolute atomic E-state index is 0.0902. The van der Waals surface area contributed by atoms with Crippen molar-refractivity contribution in [1.29, 1.82) is 0 Å². The van der Waals surface area contributed by atoms with Gasteiger partial charge in [-0.05, 0) is 31.4 Å². The van der Waals surface area contributed by atoms with Gasteiger partial charge in [-0.3, -0.25) is 4.79 Å². The fourth-order valence-corrected chi connectivity index (χ4v) is 2.95. The molecule has 0 saturated heterocycles. The smallest absolute Gasteiger partial charge is 0.247 e. The summed E-state index contributed by atoms with van der Waals surface area (Å²) >= 11 is 1.60. The van der Waals surface area contributed by atoms with Crippen molar-refractivity contribution in [2.75, 3.05) is 0 Å². The van der Waals surface area contributed by atoms with E-state index in [0.29, 0.717) is 12.6 Å². The zero-order chi connectivity index (χ0) is 14.7. The van der Waals surface area contributed by atoms with Crippen molar-refractivity contribution in [1.82, 2.24) is 9.88 Å². The lowest BCUT2D eigenvalue weighted by Crippen LogP contribution is -2.31.